The summed E-state index contributed by atoms with van der Waals surface area (Å²) in [6, 6.07) is 12.7. The Balaban J connectivity index is 2.03. The van der Waals surface area contributed by atoms with Crippen molar-refractivity contribution in [3.05, 3.63) is 76.6 Å². The topological polar surface area (TPSA) is 46.9 Å². The quantitative estimate of drug-likeness (QED) is 0.583. The van der Waals surface area contributed by atoms with Gasteiger partial charge in [0.25, 0.3) is 5.91 Å². The van der Waals surface area contributed by atoms with E-state index in [-0.39, 0.29) is 11.6 Å². The number of benzene rings is 2. The van der Waals surface area contributed by atoms with Crippen LogP contribution in [0.2, 0.25) is 5.02 Å². The van der Waals surface area contributed by atoms with Gasteiger partial charge in [-0.2, -0.15) is 18.3 Å². The molecule has 8 heteroatoms. The molecule has 0 aliphatic rings. The number of carbonyl (C=O) groups excluding carboxylic acids is 1. The van der Waals surface area contributed by atoms with Crippen molar-refractivity contribution >= 4 is 23.2 Å². The molecule has 0 saturated carbocycles. The highest BCUT2D eigenvalue weighted by Gasteiger charge is 2.40. The molecule has 3 aromatic rings. The summed E-state index contributed by atoms with van der Waals surface area (Å²) in [6.45, 7) is 3.87. The first-order valence-corrected chi connectivity index (χ1v) is 8.87. The van der Waals surface area contributed by atoms with Crippen LogP contribution < -0.4 is 5.32 Å². The van der Waals surface area contributed by atoms with Gasteiger partial charge in [-0.3, -0.25) is 4.79 Å². The summed E-state index contributed by atoms with van der Waals surface area (Å²) in [7, 11) is 0. The summed E-state index contributed by atoms with van der Waals surface area (Å²) in [5, 5.41) is 6.76. The van der Waals surface area contributed by atoms with Crippen molar-refractivity contribution in [2.45, 2.75) is 25.9 Å². The van der Waals surface area contributed by atoms with Crippen molar-refractivity contribution in [3.8, 4) is 5.69 Å². The van der Waals surface area contributed by atoms with Crippen LogP contribution in [-0.4, -0.2) is 15.7 Å². The number of amides is 1. The summed E-state index contributed by atoms with van der Waals surface area (Å²) in [6.07, 6.45) is -3.86. The second-order valence-electron chi connectivity index (χ2n) is 6.49. The van der Waals surface area contributed by atoms with E-state index in [0.717, 1.165) is 11.8 Å². The third-order valence-corrected chi connectivity index (χ3v) is 4.44. The Labute approximate surface area is 164 Å². The second kappa shape index (κ2) is 7.67. The Morgan fingerprint density at radius 3 is 2.36 bits per heavy atom. The molecule has 0 aliphatic heterocycles. The number of carbonyl (C=O) groups is 1. The molecule has 0 atom stereocenters. The summed E-state index contributed by atoms with van der Waals surface area (Å²) >= 11 is 5.80. The maximum atomic E-state index is 13.7. The molecule has 0 saturated heterocycles. The van der Waals surface area contributed by atoms with Gasteiger partial charge >= 0.3 is 6.18 Å². The summed E-state index contributed by atoms with van der Waals surface area (Å²) in [5.41, 5.74) is -0.252. The number of alkyl halides is 3. The first-order valence-electron chi connectivity index (χ1n) is 8.50. The predicted molar refractivity (Wildman–Crippen MR) is 102 cm³/mol. The Morgan fingerprint density at radius 2 is 1.75 bits per heavy atom. The number of nitrogens with zero attached hydrogens (tertiary/aromatic N) is 2. The summed E-state index contributed by atoms with van der Waals surface area (Å²) in [5.74, 6) is -0.781. The minimum atomic E-state index is -4.78. The number of nitrogens with one attached hydrogen (secondary N) is 1. The van der Waals surface area contributed by atoms with E-state index in [2.05, 4.69) is 10.4 Å². The van der Waals surface area contributed by atoms with Crippen LogP contribution in [0, 0.1) is 0 Å². The zero-order valence-corrected chi connectivity index (χ0v) is 15.8. The zero-order valence-electron chi connectivity index (χ0n) is 15.1. The van der Waals surface area contributed by atoms with Gasteiger partial charge < -0.3 is 5.32 Å². The predicted octanol–water partition coefficient (Wildman–Crippen LogP) is 5.92. The molecule has 3 rings (SSSR count). The van der Waals surface area contributed by atoms with Gasteiger partial charge in [-0.15, -0.1) is 0 Å². The third-order valence-electron chi connectivity index (χ3n) is 4.18. The molecule has 0 bridgehead atoms. The van der Waals surface area contributed by atoms with Crippen molar-refractivity contribution < 1.29 is 18.0 Å². The lowest BCUT2D eigenvalue weighted by molar-refractivity contribution is -0.143. The van der Waals surface area contributed by atoms with E-state index in [0.29, 0.717) is 15.4 Å². The fraction of sp³-hybridized carbons (Fsp3) is 0.200. The Hall–Kier alpha value is -2.80. The largest absolute Gasteiger partial charge is 0.434 e. The molecular weight excluding hydrogens is 391 g/mol. The number of hydrogen-bond donors (Lipinski definition) is 1. The fourth-order valence-corrected chi connectivity index (χ4v) is 3.00. The Bertz CT molecular complexity index is 995. The molecule has 1 amide bonds. The number of anilines is 1. The van der Waals surface area contributed by atoms with E-state index in [9.17, 15) is 18.0 Å². The van der Waals surface area contributed by atoms with Crippen molar-refractivity contribution in [3.63, 3.8) is 0 Å². The lowest BCUT2D eigenvalue weighted by Crippen LogP contribution is -2.21. The number of rotatable bonds is 4. The standard InChI is InChI=1S/C20H17ClF3N3O/c1-12(2)15-5-3-4-6-17(15)26-19(28)16-11-25-27(18(16)20(22,23)24)14-9-7-13(21)8-10-14/h3-12H,1-2H3,(H,26,28). The average molecular weight is 408 g/mol. The molecule has 1 heterocycles. The van der Waals surface area contributed by atoms with E-state index < -0.39 is 23.3 Å². The van der Waals surface area contributed by atoms with Gasteiger partial charge in [0.05, 0.1) is 17.4 Å². The average Bonchev–Trinajstić information content (AvgIpc) is 3.08. The minimum Gasteiger partial charge on any atom is -0.322 e. The fourth-order valence-electron chi connectivity index (χ4n) is 2.87. The van der Waals surface area contributed by atoms with Gasteiger partial charge in [0.15, 0.2) is 5.69 Å². The molecule has 146 valence electrons. The van der Waals surface area contributed by atoms with Crippen LogP contribution in [0.3, 0.4) is 0 Å². The highest BCUT2D eigenvalue weighted by Crippen LogP contribution is 2.34. The highest BCUT2D eigenvalue weighted by molar-refractivity contribution is 6.30. The van der Waals surface area contributed by atoms with E-state index >= 15 is 0 Å². The van der Waals surface area contributed by atoms with Crippen molar-refractivity contribution in [2.24, 2.45) is 0 Å². The number of halogens is 4. The first kappa shape index (κ1) is 19.9. The van der Waals surface area contributed by atoms with Crippen molar-refractivity contribution in [1.82, 2.24) is 9.78 Å². The van der Waals surface area contributed by atoms with Crippen LogP contribution in [0.15, 0.2) is 54.7 Å². The minimum absolute atomic E-state index is 0.0929. The highest BCUT2D eigenvalue weighted by atomic mass is 35.5. The molecule has 0 fully saturated rings. The van der Waals surface area contributed by atoms with Gasteiger partial charge in [-0.1, -0.05) is 43.6 Å². The molecule has 28 heavy (non-hydrogen) atoms. The molecule has 0 aliphatic carbocycles. The molecule has 1 aromatic heterocycles. The maximum Gasteiger partial charge on any atom is 0.434 e. The first-order chi connectivity index (χ1) is 13.2. The number of para-hydroxylation sites is 1. The van der Waals surface area contributed by atoms with Gasteiger partial charge in [0.1, 0.15) is 0 Å². The lowest BCUT2D eigenvalue weighted by Gasteiger charge is -2.15. The lowest BCUT2D eigenvalue weighted by atomic mass is 10.0. The van der Waals surface area contributed by atoms with Crippen LogP contribution in [0.1, 0.15) is 41.4 Å². The summed E-state index contributed by atoms with van der Waals surface area (Å²) in [4.78, 5) is 12.7. The van der Waals surface area contributed by atoms with Crippen LogP contribution >= 0.6 is 11.6 Å². The molecule has 0 radical (unpaired) electrons. The number of hydrogen-bond acceptors (Lipinski definition) is 2. The van der Waals surface area contributed by atoms with E-state index in [4.69, 9.17) is 11.6 Å². The van der Waals surface area contributed by atoms with Crippen LogP contribution in [0.4, 0.5) is 18.9 Å². The van der Waals surface area contributed by atoms with Crippen LogP contribution in [-0.2, 0) is 6.18 Å². The smallest absolute Gasteiger partial charge is 0.322 e. The SMILES string of the molecule is CC(C)c1ccccc1NC(=O)c1cnn(-c2ccc(Cl)cc2)c1C(F)(F)F. The number of aromatic nitrogens is 2. The monoisotopic (exact) mass is 407 g/mol. The molecule has 0 spiro atoms. The second-order valence-corrected chi connectivity index (χ2v) is 6.93. The van der Waals surface area contributed by atoms with Crippen molar-refractivity contribution in [2.75, 3.05) is 5.32 Å². The van der Waals surface area contributed by atoms with Gasteiger partial charge in [-0.05, 0) is 41.8 Å². The summed E-state index contributed by atoms with van der Waals surface area (Å²) < 4.78 is 41.9. The van der Waals surface area contributed by atoms with E-state index in [1.165, 1.54) is 24.3 Å². The Kier molecular flexibility index (Phi) is 5.47. The van der Waals surface area contributed by atoms with Crippen LogP contribution in [0.25, 0.3) is 5.69 Å². The Morgan fingerprint density at radius 1 is 1.11 bits per heavy atom. The van der Waals surface area contributed by atoms with E-state index in [1.807, 2.05) is 26.0 Å². The normalized spacial score (nSPS) is 11.7. The van der Waals surface area contributed by atoms with Gasteiger partial charge in [0.2, 0.25) is 0 Å². The molecule has 2 aromatic carbocycles. The van der Waals surface area contributed by atoms with E-state index in [1.54, 1.807) is 12.1 Å². The molecule has 0 unspecified atom stereocenters. The van der Waals surface area contributed by atoms with Gasteiger partial charge in [-0.25, -0.2) is 4.68 Å². The van der Waals surface area contributed by atoms with Crippen LogP contribution in [0.5, 0.6) is 0 Å². The third kappa shape index (κ3) is 4.04. The molecular formula is C20H17ClF3N3O. The van der Waals surface area contributed by atoms with Crippen molar-refractivity contribution in [1.29, 1.82) is 0 Å². The van der Waals surface area contributed by atoms with Gasteiger partial charge in [0, 0.05) is 10.7 Å². The molecule has 1 N–H and O–H groups in total. The maximum absolute atomic E-state index is 13.7. The molecule has 4 nitrogen and oxygen atoms in total. The zero-order chi connectivity index (χ0) is 20.5.